The molecule has 0 unspecified atom stereocenters. The molecule has 0 fully saturated rings. The molecule has 3 aromatic carbocycles. The minimum atomic E-state index is -0.482. The Kier molecular flexibility index (Phi) is 7.05. The summed E-state index contributed by atoms with van der Waals surface area (Å²) >= 11 is 0. The van der Waals surface area contributed by atoms with Crippen LogP contribution in [-0.2, 0) is 6.42 Å². The molecule has 160 valence electrons. The number of amides is 1. The summed E-state index contributed by atoms with van der Waals surface area (Å²) in [5.41, 5.74) is 0.811. The lowest BCUT2D eigenvalue weighted by Crippen LogP contribution is -2.25. The Balaban J connectivity index is 1.61. The highest BCUT2D eigenvalue weighted by atomic mass is 16.6. The van der Waals surface area contributed by atoms with Gasteiger partial charge in [-0.3, -0.25) is 14.9 Å². The maximum atomic E-state index is 12.4. The van der Waals surface area contributed by atoms with Crippen molar-refractivity contribution < 1.29 is 23.9 Å². The number of benzene rings is 3. The van der Waals surface area contributed by atoms with Crippen molar-refractivity contribution in [3.05, 3.63) is 88.0 Å². The molecule has 0 bridgehead atoms. The molecule has 0 heterocycles. The first-order valence-electron chi connectivity index (χ1n) is 9.52. The molecule has 8 nitrogen and oxygen atoms in total. The Labute approximate surface area is 179 Å². The molecule has 0 aliphatic carbocycles. The van der Waals surface area contributed by atoms with Gasteiger partial charge >= 0.3 is 0 Å². The van der Waals surface area contributed by atoms with Crippen molar-refractivity contribution in [2.45, 2.75) is 6.42 Å². The van der Waals surface area contributed by atoms with Crippen molar-refractivity contribution in [1.29, 1.82) is 0 Å². The Bertz CT molecular complexity index is 1050. The van der Waals surface area contributed by atoms with Crippen LogP contribution in [0.5, 0.6) is 23.0 Å². The van der Waals surface area contributed by atoms with E-state index in [1.165, 1.54) is 20.3 Å². The van der Waals surface area contributed by atoms with E-state index in [1.807, 2.05) is 30.3 Å². The second-order valence-corrected chi connectivity index (χ2v) is 6.54. The number of carbonyl (C=O) groups is 1. The number of rotatable bonds is 9. The van der Waals surface area contributed by atoms with Gasteiger partial charge in [0.1, 0.15) is 11.5 Å². The van der Waals surface area contributed by atoms with Gasteiger partial charge in [0.2, 0.25) is 0 Å². The van der Waals surface area contributed by atoms with Gasteiger partial charge in [0, 0.05) is 17.7 Å². The zero-order chi connectivity index (χ0) is 22.2. The molecule has 0 atom stereocenters. The van der Waals surface area contributed by atoms with E-state index in [1.54, 1.807) is 30.3 Å². The molecule has 0 saturated heterocycles. The van der Waals surface area contributed by atoms with Gasteiger partial charge in [-0.25, -0.2) is 0 Å². The van der Waals surface area contributed by atoms with Gasteiger partial charge < -0.3 is 19.5 Å². The molecule has 0 saturated carbocycles. The number of hydrogen-bond acceptors (Lipinski definition) is 6. The molecule has 0 aliphatic heterocycles. The average Bonchev–Trinajstić information content (AvgIpc) is 2.79. The highest BCUT2D eigenvalue weighted by Crippen LogP contribution is 2.34. The minimum absolute atomic E-state index is 0.0886. The van der Waals surface area contributed by atoms with Gasteiger partial charge in [-0.2, -0.15) is 0 Å². The normalized spacial score (nSPS) is 10.3. The van der Waals surface area contributed by atoms with Gasteiger partial charge in [0.15, 0.2) is 11.5 Å². The van der Waals surface area contributed by atoms with Crippen LogP contribution in [0.3, 0.4) is 0 Å². The fourth-order valence-electron chi connectivity index (χ4n) is 2.99. The minimum Gasteiger partial charge on any atom is -0.493 e. The molecule has 3 rings (SSSR count). The lowest BCUT2D eigenvalue weighted by Gasteiger charge is -2.11. The predicted octanol–water partition coefficient (Wildman–Crippen LogP) is 4.38. The summed E-state index contributed by atoms with van der Waals surface area (Å²) in [5.74, 6) is 1.71. The fourth-order valence-corrected chi connectivity index (χ4v) is 2.99. The lowest BCUT2D eigenvalue weighted by molar-refractivity contribution is -0.385. The molecular formula is C23H22N2O6. The summed E-state index contributed by atoms with van der Waals surface area (Å²) < 4.78 is 16.0. The van der Waals surface area contributed by atoms with Crippen LogP contribution in [0, 0.1) is 10.1 Å². The molecule has 31 heavy (non-hydrogen) atoms. The zero-order valence-corrected chi connectivity index (χ0v) is 17.2. The third kappa shape index (κ3) is 5.51. The second kappa shape index (κ2) is 10.1. The van der Waals surface area contributed by atoms with Gasteiger partial charge in [-0.05, 0) is 48.9 Å². The van der Waals surface area contributed by atoms with Crippen LogP contribution in [0.25, 0.3) is 0 Å². The Morgan fingerprint density at radius 1 is 0.935 bits per heavy atom. The van der Waals surface area contributed by atoms with Crippen molar-refractivity contribution in [3.8, 4) is 23.0 Å². The Hall–Kier alpha value is -4.07. The van der Waals surface area contributed by atoms with E-state index in [0.717, 1.165) is 0 Å². The Morgan fingerprint density at radius 3 is 2.16 bits per heavy atom. The van der Waals surface area contributed by atoms with E-state index in [4.69, 9.17) is 14.2 Å². The van der Waals surface area contributed by atoms with E-state index in [9.17, 15) is 14.9 Å². The number of nitrogens with zero attached hydrogens (tertiary/aromatic N) is 1. The molecule has 3 aromatic rings. The third-order valence-corrected chi connectivity index (χ3v) is 4.56. The van der Waals surface area contributed by atoms with Crippen molar-refractivity contribution >= 4 is 11.6 Å². The van der Waals surface area contributed by atoms with E-state index in [-0.39, 0.29) is 30.3 Å². The van der Waals surface area contributed by atoms with E-state index in [2.05, 4.69) is 5.32 Å². The third-order valence-electron chi connectivity index (χ3n) is 4.56. The SMILES string of the molecule is COc1cc(CCNC(=O)c2ccc(Oc3ccccc3)cc2)c([N+](=O)[O-])cc1OC. The number of nitro groups is 1. The van der Waals surface area contributed by atoms with E-state index < -0.39 is 4.92 Å². The van der Waals surface area contributed by atoms with Crippen LogP contribution >= 0.6 is 0 Å². The first-order chi connectivity index (χ1) is 15.0. The standard InChI is InChI=1S/C23H22N2O6/c1-29-21-14-17(20(25(27)28)15-22(21)30-2)12-13-24-23(26)16-8-10-19(11-9-16)31-18-6-4-3-5-7-18/h3-11,14-15H,12-13H2,1-2H3,(H,24,26). The highest BCUT2D eigenvalue weighted by Gasteiger charge is 2.19. The van der Waals surface area contributed by atoms with Crippen LogP contribution in [0.4, 0.5) is 5.69 Å². The van der Waals surface area contributed by atoms with Crippen LogP contribution < -0.4 is 19.5 Å². The van der Waals surface area contributed by atoms with E-state index in [0.29, 0.717) is 28.4 Å². The number of nitro benzene ring substituents is 1. The Morgan fingerprint density at radius 2 is 1.55 bits per heavy atom. The maximum Gasteiger partial charge on any atom is 0.276 e. The van der Waals surface area contributed by atoms with Gasteiger partial charge in [-0.15, -0.1) is 0 Å². The monoisotopic (exact) mass is 422 g/mol. The van der Waals surface area contributed by atoms with Gasteiger partial charge in [0.25, 0.3) is 11.6 Å². The molecule has 1 amide bonds. The lowest BCUT2D eigenvalue weighted by atomic mass is 10.1. The zero-order valence-electron chi connectivity index (χ0n) is 17.2. The number of hydrogen-bond donors (Lipinski definition) is 1. The quantitative estimate of drug-likeness (QED) is 0.406. The summed E-state index contributed by atoms with van der Waals surface area (Å²) in [6, 6.07) is 18.9. The number of carbonyl (C=O) groups excluding carboxylic acids is 1. The molecule has 0 aliphatic rings. The van der Waals surface area contributed by atoms with Crippen LogP contribution in [0.2, 0.25) is 0 Å². The van der Waals surface area contributed by atoms with Crippen molar-refractivity contribution in [2.75, 3.05) is 20.8 Å². The number of ether oxygens (including phenoxy) is 3. The first kappa shape index (κ1) is 21.6. The molecule has 1 N–H and O–H groups in total. The molecule has 0 radical (unpaired) electrons. The van der Waals surface area contributed by atoms with Gasteiger partial charge in [-0.1, -0.05) is 18.2 Å². The summed E-state index contributed by atoms with van der Waals surface area (Å²) in [7, 11) is 2.87. The first-order valence-corrected chi connectivity index (χ1v) is 9.52. The second-order valence-electron chi connectivity index (χ2n) is 6.54. The average molecular weight is 422 g/mol. The number of para-hydroxylation sites is 1. The van der Waals surface area contributed by atoms with Crippen molar-refractivity contribution in [1.82, 2.24) is 5.32 Å². The van der Waals surface area contributed by atoms with Crippen LogP contribution in [0.15, 0.2) is 66.7 Å². The van der Waals surface area contributed by atoms with E-state index >= 15 is 0 Å². The summed E-state index contributed by atoms with van der Waals surface area (Å²) in [5, 5.41) is 14.2. The molecular weight excluding hydrogens is 400 g/mol. The summed E-state index contributed by atoms with van der Waals surface area (Å²) in [6.07, 6.45) is 0.262. The molecule has 8 heteroatoms. The number of nitrogens with one attached hydrogen (secondary N) is 1. The fraction of sp³-hybridized carbons (Fsp3) is 0.174. The van der Waals surface area contributed by atoms with Crippen molar-refractivity contribution in [3.63, 3.8) is 0 Å². The van der Waals surface area contributed by atoms with Crippen LogP contribution in [-0.4, -0.2) is 31.6 Å². The maximum absolute atomic E-state index is 12.4. The molecule has 0 spiro atoms. The van der Waals surface area contributed by atoms with Crippen molar-refractivity contribution in [2.24, 2.45) is 0 Å². The highest BCUT2D eigenvalue weighted by molar-refractivity contribution is 5.94. The molecule has 0 aromatic heterocycles. The number of methoxy groups -OCH3 is 2. The summed E-state index contributed by atoms with van der Waals surface area (Å²) in [4.78, 5) is 23.3. The van der Waals surface area contributed by atoms with Gasteiger partial charge in [0.05, 0.1) is 25.2 Å². The summed E-state index contributed by atoms with van der Waals surface area (Å²) in [6.45, 7) is 0.220. The smallest absolute Gasteiger partial charge is 0.276 e. The topological polar surface area (TPSA) is 99.9 Å². The van der Waals surface area contributed by atoms with Crippen LogP contribution in [0.1, 0.15) is 15.9 Å². The largest absolute Gasteiger partial charge is 0.493 e. The predicted molar refractivity (Wildman–Crippen MR) is 115 cm³/mol.